The van der Waals surface area contributed by atoms with Gasteiger partial charge in [0, 0.05) is 24.9 Å². The number of hydrogen-bond acceptors (Lipinski definition) is 4. The Bertz CT molecular complexity index is 483. The van der Waals surface area contributed by atoms with Gasteiger partial charge in [0.15, 0.2) is 9.84 Å². The number of carbonyl (C=O) groups is 1. The minimum atomic E-state index is -3.25. The highest BCUT2D eigenvalue weighted by Gasteiger charge is 2.08. The molecule has 1 rings (SSSR count). The molecule has 6 heteroatoms. The van der Waals surface area contributed by atoms with Crippen LogP contribution in [0, 0.1) is 0 Å². The quantitative estimate of drug-likeness (QED) is 0.798. The van der Waals surface area contributed by atoms with Gasteiger partial charge in [-0.2, -0.15) is 0 Å². The second-order valence-corrected chi connectivity index (χ2v) is 5.40. The van der Waals surface area contributed by atoms with Crippen molar-refractivity contribution in [1.82, 2.24) is 0 Å². The zero-order valence-electron chi connectivity index (χ0n) is 8.93. The maximum Gasteiger partial charge on any atom is 0.225 e. The minimum Gasteiger partial charge on any atom is -0.330 e. The van der Waals surface area contributed by atoms with Crippen LogP contribution in [0.15, 0.2) is 29.2 Å². The van der Waals surface area contributed by atoms with Gasteiger partial charge in [-0.3, -0.25) is 4.79 Å². The van der Waals surface area contributed by atoms with Gasteiger partial charge in [0.2, 0.25) is 5.91 Å². The van der Waals surface area contributed by atoms with Gasteiger partial charge < -0.3 is 11.1 Å². The number of nitrogens with two attached hydrogens (primary N) is 1. The maximum atomic E-state index is 11.3. The smallest absolute Gasteiger partial charge is 0.225 e. The highest BCUT2D eigenvalue weighted by molar-refractivity contribution is 7.90. The van der Waals surface area contributed by atoms with Gasteiger partial charge in [0.05, 0.1) is 4.90 Å². The number of carbonyl (C=O) groups excluding carboxylic acids is 1. The average molecular weight is 242 g/mol. The molecule has 0 saturated carbocycles. The highest BCUT2D eigenvalue weighted by atomic mass is 32.2. The van der Waals surface area contributed by atoms with E-state index < -0.39 is 9.84 Å². The summed E-state index contributed by atoms with van der Waals surface area (Å²) in [5.41, 5.74) is 5.69. The van der Waals surface area contributed by atoms with Crippen molar-refractivity contribution >= 4 is 21.4 Å². The third-order valence-electron chi connectivity index (χ3n) is 1.92. The molecule has 0 fully saturated rings. The number of nitrogens with one attached hydrogen (secondary N) is 1. The van der Waals surface area contributed by atoms with Crippen LogP contribution < -0.4 is 11.1 Å². The maximum absolute atomic E-state index is 11.3. The Kier molecular flexibility index (Phi) is 4.03. The average Bonchev–Trinajstić information content (AvgIpc) is 2.17. The number of rotatable bonds is 4. The molecule has 0 unspecified atom stereocenters. The van der Waals surface area contributed by atoms with Crippen molar-refractivity contribution < 1.29 is 13.2 Å². The van der Waals surface area contributed by atoms with E-state index in [0.717, 1.165) is 6.26 Å². The van der Waals surface area contributed by atoms with Crippen LogP contribution in [0.5, 0.6) is 0 Å². The lowest BCUT2D eigenvalue weighted by molar-refractivity contribution is -0.116. The Balaban J connectivity index is 2.88. The van der Waals surface area contributed by atoms with Crippen molar-refractivity contribution in [2.24, 2.45) is 5.73 Å². The first-order valence-corrected chi connectivity index (χ1v) is 6.62. The first kappa shape index (κ1) is 12.7. The third-order valence-corrected chi connectivity index (χ3v) is 3.03. The summed E-state index contributed by atoms with van der Waals surface area (Å²) in [5.74, 6) is -0.229. The van der Waals surface area contributed by atoms with Crippen molar-refractivity contribution in [1.29, 1.82) is 0 Å². The molecule has 1 aromatic rings. The Morgan fingerprint density at radius 3 is 2.69 bits per heavy atom. The number of benzene rings is 1. The molecule has 0 heterocycles. The van der Waals surface area contributed by atoms with E-state index in [-0.39, 0.29) is 23.8 Å². The van der Waals surface area contributed by atoms with E-state index in [1.54, 1.807) is 12.1 Å². The number of amides is 1. The van der Waals surface area contributed by atoms with E-state index in [9.17, 15) is 13.2 Å². The zero-order valence-corrected chi connectivity index (χ0v) is 9.75. The fourth-order valence-electron chi connectivity index (χ4n) is 1.16. The van der Waals surface area contributed by atoms with Gasteiger partial charge >= 0.3 is 0 Å². The Morgan fingerprint density at radius 2 is 2.12 bits per heavy atom. The number of sulfone groups is 1. The molecule has 0 aliphatic rings. The van der Waals surface area contributed by atoms with Crippen molar-refractivity contribution in [2.75, 3.05) is 18.1 Å². The van der Waals surface area contributed by atoms with Gasteiger partial charge in [0.1, 0.15) is 0 Å². The fraction of sp³-hybridized carbons (Fsp3) is 0.300. The lowest BCUT2D eigenvalue weighted by atomic mass is 10.3. The molecule has 3 N–H and O–H groups in total. The minimum absolute atomic E-state index is 0.179. The summed E-state index contributed by atoms with van der Waals surface area (Å²) in [7, 11) is -3.25. The van der Waals surface area contributed by atoms with Crippen LogP contribution in [0.25, 0.3) is 0 Å². The van der Waals surface area contributed by atoms with Crippen LogP contribution in [-0.4, -0.2) is 27.1 Å². The molecule has 0 spiro atoms. The van der Waals surface area contributed by atoms with Crippen LogP contribution in [0.2, 0.25) is 0 Å². The molecule has 16 heavy (non-hydrogen) atoms. The SMILES string of the molecule is CS(=O)(=O)c1cccc(NC(=O)CCN)c1. The molecule has 1 aromatic carbocycles. The molecule has 5 nitrogen and oxygen atoms in total. The normalized spacial score (nSPS) is 11.1. The predicted octanol–water partition coefficient (Wildman–Crippen LogP) is 0.377. The molecule has 88 valence electrons. The molecular weight excluding hydrogens is 228 g/mol. The molecule has 0 radical (unpaired) electrons. The monoisotopic (exact) mass is 242 g/mol. The Morgan fingerprint density at radius 1 is 1.44 bits per heavy atom. The second kappa shape index (κ2) is 5.09. The van der Waals surface area contributed by atoms with E-state index in [1.165, 1.54) is 12.1 Å². The van der Waals surface area contributed by atoms with Crippen molar-refractivity contribution in [2.45, 2.75) is 11.3 Å². The summed E-state index contributed by atoms with van der Waals surface area (Å²) in [6, 6.07) is 6.11. The molecule has 0 aromatic heterocycles. The topological polar surface area (TPSA) is 89.3 Å². The summed E-state index contributed by atoms with van der Waals surface area (Å²) in [6.07, 6.45) is 1.33. The lowest BCUT2D eigenvalue weighted by Crippen LogP contribution is -2.16. The third kappa shape index (κ3) is 3.63. The molecule has 0 aliphatic carbocycles. The van der Waals surface area contributed by atoms with Gasteiger partial charge in [-0.15, -0.1) is 0 Å². The molecule has 0 bridgehead atoms. The van der Waals surface area contributed by atoms with E-state index in [4.69, 9.17) is 5.73 Å². The van der Waals surface area contributed by atoms with Gasteiger partial charge in [-0.05, 0) is 18.2 Å². The van der Waals surface area contributed by atoms with Crippen molar-refractivity contribution in [3.05, 3.63) is 24.3 Å². The van der Waals surface area contributed by atoms with Gasteiger partial charge in [-0.1, -0.05) is 6.07 Å². The van der Waals surface area contributed by atoms with E-state index >= 15 is 0 Å². The van der Waals surface area contributed by atoms with Crippen molar-refractivity contribution in [3.63, 3.8) is 0 Å². The molecule has 0 aliphatic heterocycles. The summed E-state index contributed by atoms with van der Waals surface area (Å²) in [4.78, 5) is 11.4. The molecule has 0 atom stereocenters. The van der Waals surface area contributed by atoms with Crippen LogP contribution in [-0.2, 0) is 14.6 Å². The zero-order chi connectivity index (χ0) is 12.2. The second-order valence-electron chi connectivity index (χ2n) is 3.39. The standard InChI is InChI=1S/C10H14N2O3S/c1-16(14,15)9-4-2-3-8(7-9)12-10(13)5-6-11/h2-4,7H,5-6,11H2,1H3,(H,12,13). The lowest BCUT2D eigenvalue weighted by Gasteiger charge is -2.05. The highest BCUT2D eigenvalue weighted by Crippen LogP contribution is 2.15. The van der Waals surface area contributed by atoms with Crippen LogP contribution in [0.1, 0.15) is 6.42 Å². The largest absolute Gasteiger partial charge is 0.330 e. The summed E-state index contributed by atoms with van der Waals surface area (Å²) in [5, 5.41) is 2.57. The van der Waals surface area contributed by atoms with E-state index in [0.29, 0.717) is 5.69 Å². The molecule has 0 saturated heterocycles. The first-order chi connectivity index (χ1) is 7.43. The molecular formula is C10H14N2O3S. The van der Waals surface area contributed by atoms with Gasteiger partial charge in [-0.25, -0.2) is 8.42 Å². The molecule has 1 amide bonds. The Hall–Kier alpha value is -1.40. The number of anilines is 1. The Labute approximate surface area is 94.6 Å². The fourth-order valence-corrected chi connectivity index (χ4v) is 1.83. The summed E-state index contributed by atoms with van der Waals surface area (Å²) < 4.78 is 22.5. The van der Waals surface area contributed by atoms with E-state index in [1.807, 2.05) is 0 Å². The van der Waals surface area contributed by atoms with Crippen LogP contribution in [0.4, 0.5) is 5.69 Å². The number of hydrogen-bond donors (Lipinski definition) is 2. The van der Waals surface area contributed by atoms with Crippen LogP contribution in [0.3, 0.4) is 0 Å². The summed E-state index contributed by atoms with van der Waals surface area (Å²) >= 11 is 0. The van der Waals surface area contributed by atoms with Gasteiger partial charge in [0.25, 0.3) is 0 Å². The van der Waals surface area contributed by atoms with E-state index in [2.05, 4.69) is 5.32 Å². The predicted molar refractivity (Wildman–Crippen MR) is 61.9 cm³/mol. The first-order valence-electron chi connectivity index (χ1n) is 4.73. The van der Waals surface area contributed by atoms with Crippen LogP contribution >= 0.6 is 0 Å². The van der Waals surface area contributed by atoms with Crippen molar-refractivity contribution in [3.8, 4) is 0 Å². The summed E-state index contributed by atoms with van der Waals surface area (Å²) in [6.45, 7) is 0.262.